The number of carbonyl (C=O) groups is 2. The topological polar surface area (TPSA) is 96.4 Å². The van der Waals surface area contributed by atoms with E-state index in [1.165, 1.54) is 4.90 Å². The molecule has 1 atom stereocenters. The molecule has 0 radical (unpaired) electrons. The first kappa shape index (κ1) is 13.6. The highest BCUT2D eigenvalue weighted by Gasteiger charge is 2.61. The number of hydrogen-bond acceptors (Lipinski definition) is 5. The summed E-state index contributed by atoms with van der Waals surface area (Å²) >= 11 is 0. The van der Waals surface area contributed by atoms with Gasteiger partial charge in [0.25, 0.3) is 0 Å². The third-order valence-electron chi connectivity index (χ3n) is 4.77. The summed E-state index contributed by atoms with van der Waals surface area (Å²) in [5, 5.41) is 9.65. The number of anilines is 1. The number of nitrogens with zero attached hydrogens (tertiary/aromatic N) is 2. The Morgan fingerprint density at radius 1 is 1.30 bits per heavy atom. The van der Waals surface area contributed by atoms with E-state index in [4.69, 9.17) is 10.5 Å². The first-order valence-corrected chi connectivity index (χ1v) is 7.26. The number of fused-ring (bicyclic) bond motifs is 3. The lowest BCUT2D eigenvalue weighted by Gasteiger charge is -2.33. The molecule has 2 aliphatic heterocycles. The second-order valence-corrected chi connectivity index (χ2v) is 5.81. The molecule has 114 valence electrons. The Kier molecular flexibility index (Phi) is 2.50. The number of rotatable bonds is 0. The summed E-state index contributed by atoms with van der Waals surface area (Å²) in [7, 11) is 1.64. The molecule has 1 spiro atoms. The summed E-state index contributed by atoms with van der Waals surface area (Å²) in [5.74, 6) is -0.202. The lowest BCUT2D eigenvalue weighted by molar-refractivity contribution is -0.123. The van der Waals surface area contributed by atoms with Crippen LogP contribution in [0.3, 0.4) is 0 Å². The highest BCUT2D eigenvalue weighted by Crippen LogP contribution is 2.55. The predicted octanol–water partition coefficient (Wildman–Crippen LogP) is 1.24. The Morgan fingerprint density at radius 2 is 2.04 bits per heavy atom. The number of Topliss-reactive ketones (excluding diaryl/α,β-unsaturated/α-hetero) is 1. The largest absolute Gasteiger partial charge is 0.444 e. The zero-order valence-electron chi connectivity index (χ0n) is 12.4. The first-order chi connectivity index (χ1) is 11.0. The summed E-state index contributed by atoms with van der Waals surface area (Å²) in [6, 6.07) is 9.16. The van der Waals surface area contributed by atoms with Gasteiger partial charge in [0.1, 0.15) is 22.8 Å². The van der Waals surface area contributed by atoms with Gasteiger partial charge in [-0.25, -0.2) is 0 Å². The number of likely N-dealkylation sites (N-methyl/N-ethyl adjacent to an activating group) is 1. The fourth-order valence-electron chi connectivity index (χ4n) is 3.83. The van der Waals surface area contributed by atoms with Crippen LogP contribution in [0.4, 0.5) is 5.69 Å². The van der Waals surface area contributed by atoms with Crippen LogP contribution in [0.5, 0.6) is 0 Å². The fraction of sp³-hybridized carbons (Fsp3) is 0.235. The average Bonchev–Trinajstić information content (AvgIpc) is 3.01. The van der Waals surface area contributed by atoms with Crippen molar-refractivity contribution in [3.8, 4) is 6.07 Å². The van der Waals surface area contributed by atoms with Crippen LogP contribution in [0.25, 0.3) is 0 Å². The van der Waals surface area contributed by atoms with Gasteiger partial charge < -0.3 is 15.4 Å². The third kappa shape index (κ3) is 1.37. The second-order valence-electron chi connectivity index (χ2n) is 5.81. The summed E-state index contributed by atoms with van der Waals surface area (Å²) in [4.78, 5) is 27.2. The quantitative estimate of drug-likeness (QED) is 0.778. The Hall–Kier alpha value is -3.07. The molecular formula is C17H13N3O3. The molecule has 1 aromatic rings. The Bertz CT molecular complexity index is 891. The van der Waals surface area contributed by atoms with Gasteiger partial charge in [0.2, 0.25) is 11.8 Å². The van der Waals surface area contributed by atoms with Crippen molar-refractivity contribution in [1.82, 2.24) is 0 Å². The molecule has 2 N–H and O–H groups in total. The van der Waals surface area contributed by atoms with E-state index in [9.17, 15) is 14.9 Å². The van der Waals surface area contributed by atoms with E-state index >= 15 is 0 Å². The minimum Gasteiger partial charge on any atom is -0.444 e. The maximum Gasteiger partial charge on any atom is 0.247 e. The molecule has 0 fully saturated rings. The van der Waals surface area contributed by atoms with E-state index in [-0.39, 0.29) is 35.1 Å². The molecule has 1 unspecified atom stereocenters. The molecule has 0 saturated carbocycles. The summed E-state index contributed by atoms with van der Waals surface area (Å²) < 4.78 is 5.49. The number of allylic oxidation sites excluding steroid dienone is 1. The molecular weight excluding hydrogens is 294 g/mol. The standard InChI is InChI=1S/C17H13N3O3/c1-20-11-5-3-2-4-9(11)17(16(20)22)10(8-18)15(19)23-13-7-6-12(21)14(13)17/h2-5H,6-7,19H2,1H3. The number of para-hydroxylation sites is 1. The average molecular weight is 307 g/mol. The van der Waals surface area contributed by atoms with Crippen LogP contribution in [0.2, 0.25) is 0 Å². The SMILES string of the molecule is CN1C(=O)C2(C(C#N)=C(N)OC3=C2C(=O)CC3)c2ccccc21. The zero-order chi connectivity index (χ0) is 16.4. The number of carbonyl (C=O) groups excluding carboxylic acids is 2. The van der Waals surface area contributed by atoms with E-state index < -0.39 is 5.41 Å². The van der Waals surface area contributed by atoms with Crippen LogP contribution < -0.4 is 10.6 Å². The molecule has 1 aromatic carbocycles. The smallest absolute Gasteiger partial charge is 0.247 e. The van der Waals surface area contributed by atoms with Crippen molar-refractivity contribution in [2.45, 2.75) is 18.3 Å². The highest BCUT2D eigenvalue weighted by atomic mass is 16.5. The number of amides is 1. The van der Waals surface area contributed by atoms with Crippen LogP contribution >= 0.6 is 0 Å². The van der Waals surface area contributed by atoms with E-state index in [2.05, 4.69) is 0 Å². The van der Waals surface area contributed by atoms with Crippen LogP contribution in [0, 0.1) is 11.3 Å². The van der Waals surface area contributed by atoms with E-state index in [0.29, 0.717) is 23.4 Å². The van der Waals surface area contributed by atoms with E-state index in [1.54, 1.807) is 25.2 Å². The molecule has 0 bridgehead atoms. The number of ether oxygens (including phenoxy) is 1. The minimum atomic E-state index is -1.47. The Balaban J connectivity index is 2.15. The monoisotopic (exact) mass is 307 g/mol. The highest BCUT2D eigenvalue weighted by molar-refractivity contribution is 6.20. The van der Waals surface area contributed by atoms with Crippen LogP contribution in [0.1, 0.15) is 18.4 Å². The molecule has 6 nitrogen and oxygen atoms in total. The van der Waals surface area contributed by atoms with Gasteiger partial charge in [-0.1, -0.05) is 18.2 Å². The molecule has 4 rings (SSSR count). The summed E-state index contributed by atoms with van der Waals surface area (Å²) in [6.07, 6.45) is 0.659. The van der Waals surface area contributed by atoms with Crippen molar-refractivity contribution in [3.05, 3.63) is 52.6 Å². The Labute approximate surface area is 132 Å². The van der Waals surface area contributed by atoms with Crippen LogP contribution in [0.15, 0.2) is 47.1 Å². The number of ketones is 1. The molecule has 23 heavy (non-hydrogen) atoms. The molecule has 0 saturated heterocycles. The van der Waals surface area contributed by atoms with Gasteiger partial charge >= 0.3 is 0 Å². The van der Waals surface area contributed by atoms with Crippen molar-refractivity contribution >= 4 is 17.4 Å². The lowest BCUT2D eigenvalue weighted by atomic mass is 9.68. The van der Waals surface area contributed by atoms with Gasteiger partial charge in [0, 0.05) is 31.1 Å². The third-order valence-corrected chi connectivity index (χ3v) is 4.77. The number of nitrogens with two attached hydrogens (primary N) is 1. The van der Waals surface area contributed by atoms with E-state index in [1.807, 2.05) is 12.1 Å². The first-order valence-electron chi connectivity index (χ1n) is 7.26. The van der Waals surface area contributed by atoms with Crippen molar-refractivity contribution < 1.29 is 14.3 Å². The lowest BCUT2D eigenvalue weighted by Crippen LogP contribution is -2.46. The van der Waals surface area contributed by atoms with Gasteiger partial charge in [-0.3, -0.25) is 9.59 Å². The van der Waals surface area contributed by atoms with Crippen LogP contribution in [-0.4, -0.2) is 18.7 Å². The molecule has 2 heterocycles. The normalized spacial score (nSPS) is 25.7. The minimum absolute atomic E-state index is 0.00620. The summed E-state index contributed by atoms with van der Waals surface area (Å²) in [6.45, 7) is 0. The fourth-order valence-corrected chi connectivity index (χ4v) is 3.83. The van der Waals surface area contributed by atoms with Crippen molar-refractivity contribution in [2.24, 2.45) is 5.73 Å². The van der Waals surface area contributed by atoms with E-state index in [0.717, 1.165) is 0 Å². The molecule has 3 aliphatic rings. The van der Waals surface area contributed by atoms with Gasteiger partial charge in [0.05, 0.1) is 5.57 Å². The van der Waals surface area contributed by atoms with Crippen LogP contribution in [-0.2, 0) is 19.7 Å². The molecule has 6 heteroatoms. The van der Waals surface area contributed by atoms with Gasteiger partial charge in [-0.15, -0.1) is 0 Å². The predicted molar refractivity (Wildman–Crippen MR) is 80.7 cm³/mol. The Morgan fingerprint density at radius 3 is 2.78 bits per heavy atom. The maximum absolute atomic E-state index is 13.2. The number of nitriles is 1. The molecule has 1 amide bonds. The summed E-state index contributed by atoms with van der Waals surface area (Å²) in [5.41, 5.74) is 6.01. The van der Waals surface area contributed by atoms with Gasteiger partial charge in [0.15, 0.2) is 5.78 Å². The molecule has 0 aromatic heterocycles. The molecule has 1 aliphatic carbocycles. The number of hydrogen-bond donors (Lipinski definition) is 1. The zero-order valence-corrected chi connectivity index (χ0v) is 12.4. The maximum atomic E-state index is 13.2. The van der Waals surface area contributed by atoms with Gasteiger partial charge in [-0.05, 0) is 6.07 Å². The second kappa shape index (κ2) is 4.23. The van der Waals surface area contributed by atoms with Gasteiger partial charge in [-0.2, -0.15) is 5.26 Å². The van der Waals surface area contributed by atoms with Crippen molar-refractivity contribution in [2.75, 3.05) is 11.9 Å². The number of benzene rings is 1. The van der Waals surface area contributed by atoms with Crippen molar-refractivity contribution in [3.63, 3.8) is 0 Å². The van der Waals surface area contributed by atoms with Crippen molar-refractivity contribution in [1.29, 1.82) is 5.26 Å².